The Morgan fingerprint density at radius 3 is 2.76 bits per heavy atom. The van der Waals surface area contributed by atoms with Crippen molar-refractivity contribution in [3.8, 4) is 0 Å². The molecule has 2 fully saturated rings. The maximum absolute atomic E-state index is 4.06. The number of nitrogens with zero attached hydrogens (tertiary/aromatic N) is 2. The zero-order chi connectivity index (χ0) is 10.8. The van der Waals surface area contributed by atoms with Gasteiger partial charge in [0.25, 0.3) is 0 Å². The van der Waals surface area contributed by atoms with Crippen LogP contribution >= 0.6 is 12.4 Å². The quantitative estimate of drug-likeness (QED) is 0.872. The molecule has 3 nitrogen and oxygen atoms in total. The van der Waals surface area contributed by atoms with Gasteiger partial charge < -0.3 is 5.32 Å². The van der Waals surface area contributed by atoms with Gasteiger partial charge in [-0.15, -0.1) is 12.4 Å². The molecule has 94 valence electrons. The van der Waals surface area contributed by atoms with Gasteiger partial charge >= 0.3 is 0 Å². The summed E-state index contributed by atoms with van der Waals surface area (Å²) >= 11 is 0. The lowest BCUT2D eigenvalue weighted by Crippen LogP contribution is -2.34. The fraction of sp³-hybridized carbons (Fsp3) is 0.615. The van der Waals surface area contributed by atoms with Crippen molar-refractivity contribution < 1.29 is 0 Å². The minimum Gasteiger partial charge on any atom is -0.310 e. The van der Waals surface area contributed by atoms with Crippen molar-refractivity contribution >= 4 is 12.4 Å². The van der Waals surface area contributed by atoms with Crippen molar-refractivity contribution in [1.29, 1.82) is 0 Å². The van der Waals surface area contributed by atoms with Crippen molar-refractivity contribution in [3.63, 3.8) is 0 Å². The lowest BCUT2D eigenvalue weighted by atomic mass is 10.1. The van der Waals surface area contributed by atoms with Crippen LogP contribution < -0.4 is 5.32 Å². The Morgan fingerprint density at radius 2 is 1.94 bits per heavy atom. The Labute approximate surface area is 109 Å². The Bertz CT molecular complexity index is 344. The van der Waals surface area contributed by atoms with Crippen molar-refractivity contribution in [2.24, 2.45) is 0 Å². The summed E-state index contributed by atoms with van der Waals surface area (Å²) in [5.41, 5.74) is 1.38. The molecule has 2 saturated heterocycles. The first-order chi connectivity index (χ1) is 7.90. The normalized spacial score (nSPS) is 28.5. The van der Waals surface area contributed by atoms with Gasteiger partial charge in [0.15, 0.2) is 0 Å². The lowest BCUT2D eigenvalue weighted by Gasteiger charge is -2.23. The van der Waals surface area contributed by atoms with Gasteiger partial charge in [0.05, 0.1) is 0 Å². The summed E-state index contributed by atoms with van der Waals surface area (Å²) in [5.74, 6) is 0. The second-order valence-electron chi connectivity index (χ2n) is 5.02. The van der Waals surface area contributed by atoms with E-state index in [4.69, 9.17) is 0 Å². The van der Waals surface area contributed by atoms with E-state index in [0.717, 1.165) is 18.6 Å². The summed E-state index contributed by atoms with van der Waals surface area (Å²) < 4.78 is 0. The highest BCUT2D eigenvalue weighted by molar-refractivity contribution is 5.85. The van der Waals surface area contributed by atoms with Gasteiger partial charge in [-0.05, 0) is 37.0 Å². The molecule has 1 aromatic heterocycles. The molecule has 1 aromatic rings. The third-order valence-electron chi connectivity index (χ3n) is 3.76. The van der Waals surface area contributed by atoms with Crippen molar-refractivity contribution in [3.05, 3.63) is 30.1 Å². The Balaban J connectivity index is 0.00000108. The Morgan fingerprint density at radius 1 is 1.18 bits per heavy atom. The third kappa shape index (κ3) is 3.18. The number of hydrogen-bond acceptors (Lipinski definition) is 3. The van der Waals surface area contributed by atoms with Gasteiger partial charge in [-0.2, -0.15) is 0 Å². The van der Waals surface area contributed by atoms with Gasteiger partial charge in [-0.3, -0.25) is 9.88 Å². The highest BCUT2D eigenvalue weighted by Gasteiger charge is 2.28. The first-order valence-corrected chi connectivity index (χ1v) is 6.27. The largest absolute Gasteiger partial charge is 0.310 e. The Hall–Kier alpha value is -0.640. The van der Waals surface area contributed by atoms with Gasteiger partial charge in [0.1, 0.15) is 0 Å². The van der Waals surface area contributed by atoms with Crippen LogP contribution in [-0.4, -0.2) is 35.1 Å². The van der Waals surface area contributed by atoms with Crippen molar-refractivity contribution in [2.75, 3.05) is 13.1 Å². The zero-order valence-corrected chi connectivity index (χ0v) is 10.8. The molecule has 1 N–H and O–H groups in total. The number of hydrogen-bond donors (Lipinski definition) is 1. The van der Waals surface area contributed by atoms with E-state index in [9.17, 15) is 0 Å². The van der Waals surface area contributed by atoms with Crippen molar-refractivity contribution in [2.45, 2.75) is 37.9 Å². The molecule has 0 aliphatic carbocycles. The highest BCUT2D eigenvalue weighted by Crippen LogP contribution is 2.21. The molecule has 3 heterocycles. The summed E-state index contributed by atoms with van der Waals surface area (Å²) in [5, 5.41) is 3.71. The second-order valence-corrected chi connectivity index (χ2v) is 5.02. The topological polar surface area (TPSA) is 28.2 Å². The molecule has 3 rings (SSSR count). The van der Waals surface area contributed by atoms with E-state index < -0.39 is 0 Å². The number of halogens is 1. The molecule has 2 aliphatic rings. The van der Waals surface area contributed by atoms with Crippen molar-refractivity contribution in [1.82, 2.24) is 15.2 Å². The van der Waals surface area contributed by atoms with E-state index in [1.807, 2.05) is 12.4 Å². The summed E-state index contributed by atoms with van der Waals surface area (Å²) in [6, 6.07) is 5.76. The van der Waals surface area contributed by atoms with Crippen LogP contribution in [0.1, 0.15) is 24.8 Å². The molecule has 2 atom stereocenters. The molecule has 17 heavy (non-hydrogen) atoms. The molecule has 2 unspecified atom stereocenters. The van der Waals surface area contributed by atoms with Crippen LogP contribution in [0.15, 0.2) is 24.5 Å². The minimum atomic E-state index is 0. The number of aromatic nitrogens is 1. The van der Waals surface area contributed by atoms with E-state index in [0.29, 0.717) is 0 Å². The van der Waals surface area contributed by atoms with Gasteiger partial charge in [0, 0.05) is 44.1 Å². The molecule has 4 heteroatoms. The predicted molar refractivity (Wildman–Crippen MR) is 71.3 cm³/mol. The molecule has 0 radical (unpaired) electrons. The van der Waals surface area contributed by atoms with Crippen LogP contribution in [-0.2, 0) is 6.54 Å². The molecule has 0 amide bonds. The molecule has 2 bridgehead atoms. The first-order valence-electron chi connectivity index (χ1n) is 6.27. The highest BCUT2D eigenvalue weighted by atomic mass is 35.5. The van der Waals surface area contributed by atoms with Crippen LogP contribution in [0.2, 0.25) is 0 Å². The smallest absolute Gasteiger partial charge is 0.0271 e. The average molecular weight is 254 g/mol. The second kappa shape index (κ2) is 5.80. The van der Waals surface area contributed by atoms with Gasteiger partial charge in [0.2, 0.25) is 0 Å². The SMILES string of the molecule is Cl.c1cc(CN2CCC3CCC(C2)N3)ccn1. The molecular weight excluding hydrogens is 234 g/mol. The molecular formula is C13H20ClN3. The van der Waals surface area contributed by atoms with Crippen LogP contribution in [0.25, 0.3) is 0 Å². The van der Waals surface area contributed by atoms with E-state index in [2.05, 4.69) is 27.3 Å². The van der Waals surface area contributed by atoms with E-state index in [1.165, 1.54) is 37.9 Å². The van der Waals surface area contributed by atoms with Gasteiger partial charge in [-0.1, -0.05) is 0 Å². The average Bonchev–Trinajstić information content (AvgIpc) is 2.64. The predicted octanol–water partition coefficient (Wildman–Crippen LogP) is 1.83. The number of rotatable bonds is 2. The van der Waals surface area contributed by atoms with Crippen LogP contribution in [0.4, 0.5) is 0 Å². The molecule has 2 aliphatic heterocycles. The Kier molecular flexibility index (Phi) is 4.37. The maximum atomic E-state index is 4.06. The van der Waals surface area contributed by atoms with E-state index in [1.54, 1.807) is 0 Å². The van der Waals surface area contributed by atoms with Crippen LogP contribution in [0.3, 0.4) is 0 Å². The van der Waals surface area contributed by atoms with E-state index in [-0.39, 0.29) is 12.4 Å². The molecule has 0 saturated carbocycles. The summed E-state index contributed by atoms with van der Waals surface area (Å²) in [7, 11) is 0. The number of pyridine rings is 1. The fourth-order valence-corrected chi connectivity index (χ4v) is 2.91. The maximum Gasteiger partial charge on any atom is 0.0271 e. The van der Waals surface area contributed by atoms with E-state index >= 15 is 0 Å². The minimum absolute atomic E-state index is 0. The van der Waals surface area contributed by atoms with Gasteiger partial charge in [-0.25, -0.2) is 0 Å². The monoisotopic (exact) mass is 253 g/mol. The lowest BCUT2D eigenvalue weighted by molar-refractivity contribution is 0.251. The standard InChI is InChI=1S/C13H19N3.ClH/c1-2-13-10-16(8-5-12(1)15-13)9-11-3-6-14-7-4-11;/h3-4,6-7,12-13,15H,1-2,5,8-10H2;1H. The summed E-state index contributed by atoms with van der Waals surface area (Å²) in [4.78, 5) is 6.64. The fourth-order valence-electron chi connectivity index (χ4n) is 2.91. The summed E-state index contributed by atoms with van der Waals surface area (Å²) in [6.07, 6.45) is 7.82. The number of nitrogens with one attached hydrogen (secondary N) is 1. The molecule has 0 aromatic carbocycles. The first kappa shape index (κ1) is 12.8. The molecule has 0 spiro atoms. The van der Waals surface area contributed by atoms with Crippen LogP contribution in [0.5, 0.6) is 0 Å². The van der Waals surface area contributed by atoms with Crippen LogP contribution in [0, 0.1) is 0 Å². The third-order valence-corrected chi connectivity index (χ3v) is 3.76. The number of likely N-dealkylation sites (tertiary alicyclic amines) is 1. The zero-order valence-electron chi connectivity index (χ0n) is 10.0. The number of fused-ring (bicyclic) bond motifs is 2. The summed E-state index contributed by atoms with van der Waals surface area (Å²) in [6.45, 7) is 3.52.